The molecule has 3 nitrogen and oxygen atoms in total. The molecule has 5 aromatic carbocycles. The Bertz CT molecular complexity index is 2430. The largest absolute Gasteiger partial charge is 0.327 e. The Hall–Kier alpha value is -5.64. The number of rotatable bonds is 20. The summed E-state index contributed by atoms with van der Waals surface area (Å²) in [4.78, 5) is 4.05. The fourth-order valence-corrected chi connectivity index (χ4v) is 9.31. The lowest BCUT2D eigenvalue weighted by atomic mass is 9.79. The Balaban J connectivity index is 0.000000206. The Kier molecular flexibility index (Phi) is 22.1. The van der Waals surface area contributed by atoms with E-state index >= 15 is 0 Å². The molecule has 0 aliphatic heterocycles. The molecule has 0 saturated heterocycles. The van der Waals surface area contributed by atoms with Crippen molar-refractivity contribution in [1.29, 1.82) is 0 Å². The Morgan fingerprint density at radius 2 is 0.768 bits per heavy atom. The second kappa shape index (κ2) is 28.1. The summed E-state index contributed by atoms with van der Waals surface area (Å²) in [6, 6.07) is 56.5. The van der Waals surface area contributed by atoms with Gasteiger partial charge in [0, 0.05) is 30.1 Å². The zero-order chi connectivity index (χ0) is 49.6. The molecule has 364 valence electrons. The monoisotopic (exact) mass is 922 g/mol. The van der Waals surface area contributed by atoms with E-state index in [-0.39, 0.29) is 0 Å². The minimum atomic E-state index is 0.535. The lowest BCUT2D eigenvalue weighted by Crippen LogP contribution is -2.33. The number of quaternary nitrogens is 1. The Morgan fingerprint density at radius 1 is 0.406 bits per heavy atom. The third-order valence-electron chi connectivity index (χ3n) is 14.2. The van der Waals surface area contributed by atoms with E-state index in [1.165, 1.54) is 86.9 Å². The van der Waals surface area contributed by atoms with E-state index < -0.39 is 0 Å². The molecule has 0 saturated carbocycles. The van der Waals surface area contributed by atoms with Crippen molar-refractivity contribution in [1.82, 2.24) is 4.98 Å². The third kappa shape index (κ3) is 19.0. The van der Waals surface area contributed by atoms with E-state index in [4.69, 9.17) is 0 Å². The van der Waals surface area contributed by atoms with E-state index in [9.17, 15) is 0 Å². The predicted molar refractivity (Wildman–Crippen MR) is 296 cm³/mol. The van der Waals surface area contributed by atoms with Crippen LogP contribution in [0.4, 0.5) is 0 Å². The number of hydrogen-bond acceptors (Lipinski definition) is 1. The lowest BCUT2D eigenvalue weighted by Gasteiger charge is -2.26. The topological polar surface area (TPSA) is 16.8 Å². The summed E-state index contributed by atoms with van der Waals surface area (Å²) in [5.74, 6) is 2.88. The van der Waals surface area contributed by atoms with Crippen LogP contribution in [-0.4, -0.2) is 30.6 Å². The predicted octanol–water partition coefficient (Wildman–Crippen LogP) is 16.1. The Morgan fingerprint density at radius 3 is 1.14 bits per heavy atom. The third-order valence-corrected chi connectivity index (χ3v) is 14.2. The SMILES string of the molecule is CCc1ccc(C(C)CC(CC(C)c2ccc(C[N+](C)(C)C)cc2)c2ccccc2)cc1.CCc1ccc(C(C)CCc2cc[n+](C)cc2)cc1.CCc1ccc(C(C)CCc2ccncc2)cc1. The first-order chi connectivity index (χ1) is 33.2. The van der Waals surface area contributed by atoms with Crippen LogP contribution in [0.5, 0.6) is 0 Å². The van der Waals surface area contributed by atoms with Gasteiger partial charge in [-0.2, -0.15) is 0 Å². The highest BCUT2D eigenvalue weighted by Gasteiger charge is 2.21. The van der Waals surface area contributed by atoms with Crippen molar-refractivity contribution >= 4 is 0 Å². The zero-order valence-corrected chi connectivity index (χ0v) is 44.5. The second-order valence-corrected chi connectivity index (χ2v) is 21.0. The highest BCUT2D eigenvalue weighted by Crippen LogP contribution is 2.37. The number of pyridine rings is 2. The minimum absolute atomic E-state index is 0.535. The maximum absolute atomic E-state index is 4.05. The van der Waals surface area contributed by atoms with Crippen molar-refractivity contribution in [3.05, 3.63) is 238 Å². The molecule has 2 heterocycles. The average Bonchev–Trinajstić information content (AvgIpc) is 3.38. The molecular weight excluding hydrogens is 835 g/mol. The molecule has 3 heteroatoms. The van der Waals surface area contributed by atoms with Crippen LogP contribution in [0.1, 0.15) is 165 Å². The van der Waals surface area contributed by atoms with Crippen molar-refractivity contribution in [3.8, 4) is 0 Å². The van der Waals surface area contributed by atoms with E-state index in [2.05, 4.69) is 250 Å². The van der Waals surface area contributed by atoms with Crippen molar-refractivity contribution < 1.29 is 9.05 Å². The molecule has 5 atom stereocenters. The van der Waals surface area contributed by atoms with E-state index in [0.29, 0.717) is 29.6 Å². The summed E-state index contributed by atoms with van der Waals surface area (Å²) in [5, 5.41) is 0. The molecule has 0 N–H and O–H groups in total. The van der Waals surface area contributed by atoms with Crippen LogP contribution in [0.2, 0.25) is 0 Å². The summed E-state index contributed by atoms with van der Waals surface area (Å²) in [5.41, 5.74) is 15.8. The van der Waals surface area contributed by atoms with Gasteiger partial charge in [0.25, 0.3) is 0 Å². The quantitative estimate of drug-likeness (QED) is 0.0550. The van der Waals surface area contributed by atoms with Crippen molar-refractivity contribution in [2.45, 2.75) is 142 Å². The smallest absolute Gasteiger partial charge is 0.168 e. The average molecular weight is 922 g/mol. The van der Waals surface area contributed by atoms with Gasteiger partial charge in [0.15, 0.2) is 12.4 Å². The van der Waals surface area contributed by atoms with E-state index in [1.807, 2.05) is 12.4 Å². The van der Waals surface area contributed by atoms with Gasteiger partial charge in [0.1, 0.15) is 13.6 Å². The standard InChI is InChI=1S/C31H42N.C18H24N.C17H21N/c1-7-26-13-17-28(18-14-26)24(2)21-31(30-11-9-8-10-12-30)22-25(3)29-19-15-27(16-20-29)23-32(4,5)6;1-4-16-7-9-18(10-8-16)15(2)5-6-17-11-13-19(3)14-12-17;1-3-15-6-8-17(9-7-15)14(2)4-5-16-10-12-18-13-11-16/h8-20,24-25,31H,7,21-23H2,1-6H3;7-15H,4-6H2,1-3H3;6-14H,3-5H2,1-2H3/q2*+1;. The van der Waals surface area contributed by atoms with Gasteiger partial charge in [0.2, 0.25) is 0 Å². The first-order valence-electron chi connectivity index (χ1n) is 26.3. The molecule has 7 rings (SSSR count). The highest BCUT2D eigenvalue weighted by molar-refractivity contribution is 5.30. The summed E-state index contributed by atoms with van der Waals surface area (Å²) >= 11 is 0. The number of hydrogen-bond donors (Lipinski definition) is 0. The van der Waals surface area contributed by atoms with E-state index in [0.717, 1.165) is 43.1 Å². The first-order valence-corrected chi connectivity index (χ1v) is 26.3. The zero-order valence-electron chi connectivity index (χ0n) is 44.5. The molecule has 0 spiro atoms. The van der Waals surface area contributed by atoms with Gasteiger partial charge in [0.05, 0.1) is 21.1 Å². The number of benzene rings is 5. The van der Waals surface area contributed by atoms with Crippen molar-refractivity contribution in [2.75, 3.05) is 21.1 Å². The molecule has 0 fully saturated rings. The fraction of sp³-hybridized carbons (Fsp3) is 0.394. The second-order valence-electron chi connectivity index (χ2n) is 21.0. The number of aryl methyl sites for hydroxylation is 6. The Labute approximate surface area is 420 Å². The number of aromatic nitrogens is 2. The normalized spacial score (nSPS) is 13.4. The van der Waals surface area contributed by atoms with Crippen LogP contribution in [0.15, 0.2) is 176 Å². The van der Waals surface area contributed by atoms with E-state index in [1.54, 1.807) is 0 Å². The highest BCUT2D eigenvalue weighted by atomic mass is 15.3. The van der Waals surface area contributed by atoms with Gasteiger partial charge < -0.3 is 4.48 Å². The lowest BCUT2D eigenvalue weighted by molar-refractivity contribution is -0.884. The van der Waals surface area contributed by atoms with Crippen molar-refractivity contribution in [3.63, 3.8) is 0 Å². The van der Waals surface area contributed by atoms with Gasteiger partial charge in [-0.3, -0.25) is 4.98 Å². The van der Waals surface area contributed by atoms with Crippen LogP contribution in [-0.2, 0) is 45.7 Å². The minimum Gasteiger partial charge on any atom is -0.327 e. The van der Waals surface area contributed by atoms with Crippen LogP contribution in [0.3, 0.4) is 0 Å². The molecular formula is C66H87N3+2. The molecule has 0 aliphatic rings. The van der Waals surface area contributed by atoms with Crippen LogP contribution < -0.4 is 4.57 Å². The molecule has 0 radical (unpaired) electrons. The van der Waals surface area contributed by atoms with Gasteiger partial charge in [-0.05, 0) is 155 Å². The molecule has 0 bridgehead atoms. The molecule has 69 heavy (non-hydrogen) atoms. The maximum atomic E-state index is 4.05. The molecule has 5 unspecified atom stereocenters. The molecule has 0 aliphatic carbocycles. The maximum Gasteiger partial charge on any atom is 0.168 e. The summed E-state index contributed by atoms with van der Waals surface area (Å²) < 4.78 is 3.04. The molecule has 2 aromatic heterocycles. The summed E-state index contributed by atoms with van der Waals surface area (Å²) in [7, 11) is 8.80. The summed E-state index contributed by atoms with van der Waals surface area (Å²) in [6.45, 7) is 17.1. The van der Waals surface area contributed by atoms with Crippen LogP contribution >= 0.6 is 0 Å². The summed E-state index contributed by atoms with van der Waals surface area (Å²) in [6.07, 6.45) is 18.4. The van der Waals surface area contributed by atoms with Gasteiger partial charge in [-0.25, -0.2) is 4.57 Å². The van der Waals surface area contributed by atoms with Gasteiger partial charge >= 0.3 is 0 Å². The van der Waals surface area contributed by atoms with Gasteiger partial charge in [-0.1, -0.05) is 176 Å². The number of nitrogens with zero attached hydrogens (tertiary/aromatic N) is 3. The first kappa shape index (κ1) is 54.3. The molecule has 0 amide bonds. The fourth-order valence-electron chi connectivity index (χ4n) is 9.31. The van der Waals surface area contributed by atoms with Crippen molar-refractivity contribution in [2.24, 2.45) is 7.05 Å². The van der Waals surface area contributed by atoms with Crippen LogP contribution in [0, 0.1) is 0 Å². The van der Waals surface area contributed by atoms with Gasteiger partial charge in [-0.15, -0.1) is 0 Å². The molecule has 7 aromatic rings. The van der Waals surface area contributed by atoms with Crippen LogP contribution in [0.25, 0.3) is 0 Å².